The van der Waals surface area contributed by atoms with Crippen LogP contribution in [0, 0.1) is 23.2 Å². The third-order valence-corrected chi connectivity index (χ3v) is 9.50. The summed E-state index contributed by atoms with van der Waals surface area (Å²) < 4.78 is 13.1. The minimum absolute atomic E-state index is 0.00364. The Morgan fingerprint density at radius 1 is 1.07 bits per heavy atom. The van der Waals surface area contributed by atoms with Gasteiger partial charge in [0.15, 0.2) is 0 Å². The van der Waals surface area contributed by atoms with E-state index in [9.17, 15) is 14.7 Å². The smallest absolute Gasteiger partial charge is 0.404 e. The summed E-state index contributed by atoms with van der Waals surface area (Å²) in [6.07, 6.45) is 3.18. The molecule has 2 bridgehead atoms. The van der Waals surface area contributed by atoms with E-state index in [0.717, 1.165) is 24.0 Å². The van der Waals surface area contributed by atoms with Crippen LogP contribution >= 0.6 is 0 Å². The zero-order chi connectivity index (χ0) is 28.8. The van der Waals surface area contributed by atoms with Crippen LogP contribution in [0.1, 0.15) is 71.3 Å². The first-order valence-corrected chi connectivity index (χ1v) is 14.5. The van der Waals surface area contributed by atoms with E-state index in [1.165, 1.54) is 6.92 Å². The minimum Gasteiger partial charge on any atom is -0.404 e. The number of benzene rings is 1. The van der Waals surface area contributed by atoms with Crippen molar-refractivity contribution in [2.24, 2.45) is 23.2 Å². The maximum atomic E-state index is 13.5. The molecule has 8 nitrogen and oxygen atoms in total. The van der Waals surface area contributed by atoms with E-state index in [1.807, 2.05) is 36.4 Å². The number of aromatic nitrogens is 1. The molecule has 214 valence electrons. The number of amides is 2. The molecule has 0 radical (unpaired) electrons. The van der Waals surface area contributed by atoms with E-state index in [2.05, 4.69) is 50.2 Å². The highest BCUT2D eigenvalue weighted by Crippen LogP contribution is 2.65. The van der Waals surface area contributed by atoms with Gasteiger partial charge in [-0.1, -0.05) is 58.0 Å². The second-order valence-corrected chi connectivity index (χ2v) is 13.1. The predicted octanol–water partition coefficient (Wildman–Crippen LogP) is 4.03. The number of carbonyl (C=O) groups is 2. The zero-order valence-electron chi connectivity index (χ0n) is 24.4. The van der Waals surface area contributed by atoms with Gasteiger partial charge in [-0.25, -0.2) is 0 Å². The van der Waals surface area contributed by atoms with Crippen molar-refractivity contribution in [3.8, 4) is 11.1 Å². The fraction of sp³-hybridized carbons (Fsp3) is 0.581. The molecule has 1 aromatic carbocycles. The van der Waals surface area contributed by atoms with Crippen LogP contribution in [0.25, 0.3) is 11.1 Å². The van der Waals surface area contributed by atoms with Crippen LogP contribution in [-0.2, 0) is 14.1 Å². The molecule has 3 aliphatic carbocycles. The number of pyridine rings is 1. The van der Waals surface area contributed by atoms with Crippen LogP contribution in [0.15, 0.2) is 48.7 Å². The van der Waals surface area contributed by atoms with Gasteiger partial charge in [-0.05, 0) is 79.5 Å². The number of hydrogen-bond donors (Lipinski definition) is 3. The number of nitrogens with zero attached hydrogens (tertiary/aromatic N) is 1. The first-order valence-electron chi connectivity index (χ1n) is 14.5. The molecule has 9 heteroatoms. The van der Waals surface area contributed by atoms with E-state index in [1.54, 1.807) is 12.3 Å². The van der Waals surface area contributed by atoms with Crippen LogP contribution in [0.3, 0.4) is 0 Å². The summed E-state index contributed by atoms with van der Waals surface area (Å²) in [6, 6.07) is 12.0. The molecular formula is C31H42BN3O5. The summed E-state index contributed by atoms with van der Waals surface area (Å²) in [4.78, 5) is 30.9. The van der Waals surface area contributed by atoms with Gasteiger partial charge in [0.1, 0.15) is 11.7 Å². The van der Waals surface area contributed by atoms with E-state index < -0.39 is 42.6 Å². The third kappa shape index (κ3) is 5.31. The summed E-state index contributed by atoms with van der Waals surface area (Å²) in [5.41, 5.74) is 1.78. The van der Waals surface area contributed by atoms with Gasteiger partial charge >= 0.3 is 7.12 Å². The molecule has 4 fully saturated rings. The van der Waals surface area contributed by atoms with Gasteiger partial charge < -0.3 is 25.0 Å². The number of carbonyl (C=O) groups excluding carboxylic acids is 2. The molecule has 0 spiro atoms. The van der Waals surface area contributed by atoms with Crippen molar-refractivity contribution >= 4 is 18.9 Å². The number of nitrogens with one attached hydrogen (secondary N) is 2. The Kier molecular flexibility index (Phi) is 7.85. The highest BCUT2D eigenvalue weighted by molar-refractivity contribution is 6.48. The Bertz CT molecular complexity index is 1240. The fourth-order valence-corrected chi connectivity index (χ4v) is 7.07. The van der Waals surface area contributed by atoms with Gasteiger partial charge in [0.2, 0.25) is 5.91 Å². The molecule has 3 N–H and O–H groups in total. The van der Waals surface area contributed by atoms with Crippen molar-refractivity contribution < 1.29 is 24.0 Å². The molecule has 1 saturated heterocycles. The molecule has 6 rings (SSSR count). The highest BCUT2D eigenvalue weighted by atomic mass is 16.7. The monoisotopic (exact) mass is 547 g/mol. The van der Waals surface area contributed by atoms with Crippen LogP contribution < -0.4 is 10.6 Å². The summed E-state index contributed by atoms with van der Waals surface area (Å²) in [5, 5.41) is 16.3. The van der Waals surface area contributed by atoms with Gasteiger partial charge in [-0.3, -0.25) is 14.6 Å². The summed E-state index contributed by atoms with van der Waals surface area (Å²) in [6.45, 7) is 12.5. The maximum Gasteiger partial charge on any atom is 0.481 e. The van der Waals surface area contributed by atoms with Gasteiger partial charge in [0.25, 0.3) is 5.91 Å². The molecule has 2 aromatic rings. The van der Waals surface area contributed by atoms with E-state index in [-0.39, 0.29) is 23.1 Å². The standard InChI is InChI=1S/C31H42BN3O5/c1-18(2)14-26(32-39-25-17-22-16-24(30(22,4)5)31(25,6)40-32)34-29(38)27(19(3)36)35-28(37)23-15-21(12-13-33-23)20-10-8-7-9-11-20/h7-13,15,18-19,22,24-27,36H,14,16-17H2,1-6H3,(H,34,38)(H,35,37)/t19-,22+,24+,25-,26+,27+,31+/m1/s1. The predicted molar refractivity (Wildman–Crippen MR) is 154 cm³/mol. The molecule has 40 heavy (non-hydrogen) atoms. The van der Waals surface area contributed by atoms with E-state index in [0.29, 0.717) is 18.3 Å². The van der Waals surface area contributed by atoms with Crippen molar-refractivity contribution in [1.29, 1.82) is 0 Å². The van der Waals surface area contributed by atoms with E-state index >= 15 is 0 Å². The number of aliphatic hydroxyl groups excluding tert-OH is 1. The van der Waals surface area contributed by atoms with Crippen molar-refractivity contribution in [2.45, 2.75) is 90.6 Å². The number of rotatable bonds is 9. The second-order valence-electron chi connectivity index (χ2n) is 13.1. The fourth-order valence-electron chi connectivity index (χ4n) is 7.07. The van der Waals surface area contributed by atoms with Crippen molar-refractivity contribution in [2.75, 3.05) is 0 Å². The summed E-state index contributed by atoms with van der Waals surface area (Å²) in [5.74, 6) is -0.138. The Labute approximate surface area is 237 Å². The van der Waals surface area contributed by atoms with Crippen molar-refractivity contribution in [1.82, 2.24) is 15.6 Å². The average Bonchev–Trinajstić information content (AvgIpc) is 3.28. The quantitative estimate of drug-likeness (QED) is 0.409. The van der Waals surface area contributed by atoms with Crippen LogP contribution in [0.2, 0.25) is 0 Å². The van der Waals surface area contributed by atoms with Gasteiger partial charge in [0.05, 0.1) is 23.8 Å². The Morgan fingerprint density at radius 2 is 1.80 bits per heavy atom. The van der Waals surface area contributed by atoms with Gasteiger partial charge in [0, 0.05) is 6.20 Å². The average molecular weight is 548 g/mol. The first-order chi connectivity index (χ1) is 18.9. The minimum atomic E-state index is -1.17. The Morgan fingerprint density at radius 3 is 2.45 bits per heavy atom. The molecule has 1 aromatic heterocycles. The third-order valence-electron chi connectivity index (χ3n) is 9.50. The van der Waals surface area contributed by atoms with Gasteiger partial charge in [-0.2, -0.15) is 0 Å². The molecule has 4 aliphatic rings. The maximum absolute atomic E-state index is 13.5. The Balaban J connectivity index is 1.29. The summed E-state index contributed by atoms with van der Waals surface area (Å²) >= 11 is 0. The van der Waals surface area contributed by atoms with Crippen LogP contribution in [0.4, 0.5) is 0 Å². The van der Waals surface area contributed by atoms with Crippen molar-refractivity contribution in [3.63, 3.8) is 0 Å². The molecule has 1 aliphatic heterocycles. The lowest BCUT2D eigenvalue weighted by atomic mass is 9.43. The van der Waals surface area contributed by atoms with Crippen LogP contribution in [0.5, 0.6) is 0 Å². The largest absolute Gasteiger partial charge is 0.481 e. The zero-order valence-corrected chi connectivity index (χ0v) is 24.4. The lowest BCUT2D eigenvalue weighted by Crippen LogP contribution is -2.65. The van der Waals surface area contributed by atoms with Gasteiger partial charge in [-0.15, -0.1) is 0 Å². The summed E-state index contributed by atoms with van der Waals surface area (Å²) in [7, 11) is -0.592. The van der Waals surface area contributed by atoms with Crippen molar-refractivity contribution in [3.05, 3.63) is 54.4 Å². The van der Waals surface area contributed by atoms with E-state index in [4.69, 9.17) is 9.31 Å². The lowest BCUT2D eigenvalue weighted by Gasteiger charge is -2.64. The molecular weight excluding hydrogens is 505 g/mol. The molecule has 2 amide bonds. The molecule has 2 heterocycles. The Hall–Kier alpha value is -2.75. The highest BCUT2D eigenvalue weighted by Gasteiger charge is 2.68. The van der Waals surface area contributed by atoms with Crippen LogP contribution in [-0.4, -0.2) is 58.8 Å². The molecule has 7 atom stereocenters. The normalized spacial score (nSPS) is 28.7. The number of hydrogen-bond acceptors (Lipinski definition) is 6. The second kappa shape index (κ2) is 10.9. The first kappa shape index (κ1) is 28.8. The molecule has 3 saturated carbocycles. The topological polar surface area (TPSA) is 110 Å². The molecule has 0 unspecified atom stereocenters. The SMILES string of the molecule is CC(C)C[C@H](NC(=O)[C@@H](NC(=O)c1cc(-c2ccccc2)ccn1)[C@@H](C)O)B1O[C@@H]2C[C@@H]3C[C@@H](C3(C)C)[C@]2(C)O1. The number of aliphatic hydroxyl groups is 1. The lowest BCUT2D eigenvalue weighted by molar-refractivity contribution is -0.199.